The fourth-order valence-electron chi connectivity index (χ4n) is 2.76. The summed E-state index contributed by atoms with van der Waals surface area (Å²) >= 11 is 0. The standard InChI is InChI=1S/C12H22N2O3S/c1-2-4-13-5-7-14(8-6-13)12(15)11-3-9-18(16,17)10-11/h11H,2-10H2,1H3/t11-/m0/s1. The molecule has 2 heterocycles. The van der Waals surface area contributed by atoms with E-state index in [-0.39, 0.29) is 23.3 Å². The Morgan fingerprint density at radius 2 is 1.89 bits per heavy atom. The van der Waals surface area contributed by atoms with E-state index in [4.69, 9.17) is 0 Å². The van der Waals surface area contributed by atoms with Crippen molar-refractivity contribution in [3.8, 4) is 0 Å². The van der Waals surface area contributed by atoms with Crippen molar-refractivity contribution < 1.29 is 13.2 Å². The topological polar surface area (TPSA) is 57.7 Å². The Morgan fingerprint density at radius 3 is 2.39 bits per heavy atom. The maximum Gasteiger partial charge on any atom is 0.226 e. The number of carbonyl (C=O) groups excluding carboxylic acids is 1. The summed E-state index contributed by atoms with van der Waals surface area (Å²) in [6, 6.07) is 0. The van der Waals surface area contributed by atoms with E-state index in [9.17, 15) is 13.2 Å². The van der Waals surface area contributed by atoms with Crippen LogP contribution in [-0.4, -0.2) is 68.4 Å². The number of hydrogen-bond acceptors (Lipinski definition) is 4. The van der Waals surface area contributed by atoms with Gasteiger partial charge < -0.3 is 4.90 Å². The second-order valence-electron chi connectivity index (χ2n) is 5.27. The first-order chi connectivity index (χ1) is 8.52. The number of carbonyl (C=O) groups is 1. The van der Waals surface area contributed by atoms with Gasteiger partial charge in [-0.2, -0.15) is 0 Å². The van der Waals surface area contributed by atoms with E-state index in [2.05, 4.69) is 11.8 Å². The molecule has 2 aliphatic heterocycles. The minimum atomic E-state index is -2.96. The number of hydrogen-bond donors (Lipinski definition) is 0. The molecule has 0 saturated carbocycles. The Morgan fingerprint density at radius 1 is 1.22 bits per heavy atom. The van der Waals surface area contributed by atoms with Gasteiger partial charge in [-0.25, -0.2) is 8.42 Å². The molecule has 0 N–H and O–H groups in total. The molecule has 6 heteroatoms. The summed E-state index contributed by atoms with van der Waals surface area (Å²) in [5, 5.41) is 0. The summed E-state index contributed by atoms with van der Waals surface area (Å²) in [6.45, 7) is 6.56. The van der Waals surface area contributed by atoms with Crippen LogP contribution < -0.4 is 0 Å². The summed E-state index contributed by atoms with van der Waals surface area (Å²) in [5.74, 6) is 0.000165. The molecule has 0 aromatic rings. The average Bonchev–Trinajstić information content (AvgIpc) is 2.70. The van der Waals surface area contributed by atoms with Crippen LogP contribution in [-0.2, 0) is 14.6 Å². The summed E-state index contributed by atoms with van der Waals surface area (Å²) in [5.41, 5.74) is 0. The van der Waals surface area contributed by atoms with Crippen LogP contribution in [0.15, 0.2) is 0 Å². The lowest BCUT2D eigenvalue weighted by molar-refractivity contribution is -0.136. The third-order valence-corrected chi connectivity index (χ3v) is 5.57. The molecule has 0 unspecified atom stereocenters. The molecular weight excluding hydrogens is 252 g/mol. The number of sulfone groups is 1. The van der Waals surface area contributed by atoms with Crippen LogP contribution in [0.4, 0.5) is 0 Å². The fraction of sp³-hybridized carbons (Fsp3) is 0.917. The number of rotatable bonds is 3. The van der Waals surface area contributed by atoms with Crippen molar-refractivity contribution in [2.45, 2.75) is 19.8 Å². The second-order valence-corrected chi connectivity index (χ2v) is 7.50. The molecule has 2 saturated heterocycles. The molecule has 1 amide bonds. The lowest BCUT2D eigenvalue weighted by Crippen LogP contribution is -2.50. The highest BCUT2D eigenvalue weighted by molar-refractivity contribution is 7.91. The van der Waals surface area contributed by atoms with Crippen LogP contribution in [0, 0.1) is 5.92 Å². The van der Waals surface area contributed by atoms with Crippen molar-refractivity contribution in [2.75, 3.05) is 44.2 Å². The predicted octanol–water partition coefficient (Wildman–Crippen LogP) is -0.0247. The Bertz CT molecular complexity index is 400. The van der Waals surface area contributed by atoms with E-state index in [1.165, 1.54) is 0 Å². The van der Waals surface area contributed by atoms with Crippen molar-refractivity contribution >= 4 is 15.7 Å². The van der Waals surface area contributed by atoms with E-state index in [1.807, 2.05) is 4.90 Å². The Hall–Kier alpha value is -0.620. The predicted molar refractivity (Wildman–Crippen MR) is 70.1 cm³/mol. The van der Waals surface area contributed by atoms with E-state index in [1.54, 1.807) is 0 Å². The van der Waals surface area contributed by atoms with Crippen LogP contribution in [0.2, 0.25) is 0 Å². The molecule has 2 fully saturated rings. The summed E-state index contributed by atoms with van der Waals surface area (Å²) in [7, 11) is -2.96. The van der Waals surface area contributed by atoms with Crippen molar-refractivity contribution in [3.05, 3.63) is 0 Å². The van der Waals surface area contributed by atoms with Gasteiger partial charge in [-0.3, -0.25) is 9.69 Å². The van der Waals surface area contributed by atoms with Crippen molar-refractivity contribution in [3.63, 3.8) is 0 Å². The highest BCUT2D eigenvalue weighted by Crippen LogP contribution is 2.21. The molecule has 104 valence electrons. The first-order valence-electron chi connectivity index (χ1n) is 6.73. The zero-order valence-corrected chi connectivity index (χ0v) is 11.8. The molecule has 0 bridgehead atoms. The van der Waals surface area contributed by atoms with Gasteiger partial charge in [0.05, 0.1) is 17.4 Å². The smallest absolute Gasteiger partial charge is 0.226 e. The first kappa shape index (κ1) is 13.8. The Labute approximate surface area is 109 Å². The molecule has 0 aliphatic carbocycles. The second kappa shape index (κ2) is 5.57. The first-order valence-corrected chi connectivity index (χ1v) is 8.55. The minimum Gasteiger partial charge on any atom is -0.340 e. The van der Waals surface area contributed by atoms with Crippen LogP contribution in [0.25, 0.3) is 0 Å². The summed E-state index contributed by atoms with van der Waals surface area (Å²) < 4.78 is 22.8. The quantitative estimate of drug-likeness (QED) is 0.725. The summed E-state index contributed by atoms with van der Waals surface area (Å²) in [6.07, 6.45) is 1.64. The number of nitrogens with zero attached hydrogens (tertiary/aromatic N) is 2. The molecule has 0 spiro atoms. The minimum absolute atomic E-state index is 0.0484. The Balaban J connectivity index is 1.85. The monoisotopic (exact) mass is 274 g/mol. The number of piperazine rings is 1. The highest BCUT2D eigenvalue weighted by atomic mass is 32.2. The maximum absolute atomic E-state index is 12.2. The van der Waals surface area contributed by atoms with Gasteiger partial charge in [0, 0.05) is 26.2 Å². The van der Waals surface area contributed by atoms with Crippen LogP contribution in [0.5, 0.6) is 0 Å². The van der Waals surface area contributed by atoms with E-state index >= 15 is 0 Å². The van der Waals surface area contributed by atoms with Gasteiger partial charge in [-0.1, -0.05) is 6.92 Å². The molecule has 18 heavy (non-hydrogen) atoms. The molecule has 0 radical (unpaired) electrons. The third kappa shape index (κ3) is 3.23. The SMILES string of the molecule is CCCN1CCN(C(=O)[C@H]2CCS(=O)(=O)C2)CC1. The van der Waals surface area contributed by atoms with Crippen molar-refractivity contribution in [2.24, 2.45) is 5.92 Å². The van der Waals surface area contributed by atoms with E-state index in [0.717, 1.165) is 39.1 Å². The molecule has 1 atom stereocenters. The van der Waals surface area contributed by atoms with E-state index in [0.29, 0.717) is 6.42 Å². The van der Waals surface area contributed by atoms with Gasteiger partial charge in [0.15, 0.2) is 9.84 Å². The molecular formula is C12H22N2O3S. The number of amides is 1. The highest BCUT2D eigenvalue weighted by Gasteiger charge is 2.36. The van der Waals surface area contributed by atoms with Gasteiger partial charge in [-0.05, 0) is 19.4 Å². The largest absolute Gasteiger partial charge is 0.340 e. The Kier molecular flexibility index (Phi) is 4.27. The fourth-order valence-corrected chi connectivity index (χ4v) is 4.49. The van der Waals surface area contributed by atoms with Gasteiger partial charge in [0.2, 0.25) is 5.91 Å². The normalized spacial score (nSPS) is 28.5. The molecule has 2 rings (SSSR count). The zero-order valence-electron chi connectivity index (χ0n) is 11.0. The van der Waals surface area contributed by atoms with Gasteiger partial charge in [0.1, 0.15) is 0 Å². The lowest BCUT2D eigenvalue weighted by Gasteiger charge is -2.35. The van der Waals surface area contributed by atoms with E-state index < -0.39 is 9.84 Å². The van der Waals surface area contributed by atoms with Crippen molar-refractivity contribution in [1.29, 1.82) is 0 Å². The lowest BCUT2D eigenvalue weighted by atomic mass is 10.1. The van der Waals surface area contributed by atoms with Gasteiger partial charge in [0.25, 0.3) is 0 Å². The van der Waals surface area contributed by atoms with Crippen LogP contribution in [0.1, 0.15) is 19.8 Å². The molecule has 0 aromatic carbocycles. The maximum atomic E-state index is 12.2. The van der Waals surface area contributed by atoms with Crippen molar-refractivity contribution in [1.82, 2.24) is 9.80 Å². The summed E-state index contributed by atoms with van der Waals surface area (Å²) in [4.78, 5) is 16.4. The van der Waals surface area contributed by atoms with Crippen LogP contribution in [0.3, 0.4) is 0 Å². The average molecular weight is 274 g/mol. The van der Waals surface area contributed by atoms with Gasteiger partial charge >= 0.3 is 0 Å². The van der Waals surface area contributed by atoms with Crippen LogP contribution >= 0.6 is 0 Å². The third-order valence-electron chi connectivity index (χ3n) is 3.81. The van der Waals surface area contributed by atoms with Gasteiger partial charge in [-0.15, -0.1) is 0 Å². The molecule has 0 aromatic heterocycles. The molecule has 5 nitrogen and oxygen atoms in total. The zero-order chi connectivity index (χ0) is 13.2. The molecule has 2 aliphatic rings.